The van der Waals surface area contributed by atoms with Gasteiger partial charge in [-0.05, 0) is 17.7 Å². The molecule has 1 N–H and O–H groups in total. The van der Waals surface area contributed by atoms with Gasteiger partial charge in [-0.2, -0.15) is 0 Å². The molecule has 0 unspecified atom stereocenters. The van der Waals surface area contributed by atoms with Gasteiger partial charge in [-0.25, -0.2) is 0 Å². The van der Waals surface area contributed by atoms with E-state index in [2.05, 4.69) is 0 Å². The highest BCUT2D eigenvalue weighted by Crippen LogP contribution is 2.15. The fraction of sp³-hybridized carbons (Fsp3) is 0.143. The summed E-state index contributed by atoms with van der Waals surface area (Å²) in [5.74, 6) is 0.360. The van der Waals surface area contributed by atoms with Crippen LogP contribution in [0.3, 0.4) is 0 Å². The molecule has 0 radical (unpaired) electrons. The molecular formula is C7H18O5Si5. The molecule has 0 aliphatic rings. The highest BCUT2D eigenvalue weighted by atomic mass is 28.4. The predicted molar refractivity (Wildman–Crippen MR) is 80.3 cm³/mol. The Kier molecular flexibility index (Phi) is 8.76. The number of rotatable bonds is 9. The van der Waals surface area contributed by atoms with Gasteiger partial charge in [0.05, 0.1) is 0 Å². The van der Waals surface area contributed by atoms with Crippen molar-refractivity contribution >= 4 is 50.3 Å². The molecule has 0 aliphatic carbocycles. The van der Waals surface area contributed by atoms with Crippen LogP contribution in [0.25, 0.3) is 0 Å². The third-order valence-corrected chi connectivity index (χ3v) is 8.22. The molecule has 1 aromatic rings. The largest absolute Gasteiger partial charge is 0.508 e. The fourth-order valence-electron chi connectivity index (χ4n) is 1.23. The maximum Gasteiger partial charge on any atom is 0.286 e. The van der Waals surface area contributed by atoms with Gasteiger partial charge in [0, 0.05) is 0 Å². The van der Waals surface area contributed by atoms with Crippen LogP contribution in [0.1, 0.15) is 5.56 Å². The minimum atomic E-state index is -0.850. The third-order valence-electron chi connectivity index (χ3n) is 2.04. The van der Waals surface area contributed by atoms with Crippen molar-refractivity contribution in [2.24, 2.45) is 0 Å². The van der Waals surface area contributed by atoms with Crippen molar-refractivity contribution in [2.45, 2.75) is 6.04 Å². The number of benzene rings is 1. The van der Waals surface area contributed by atoms with Gasteiger partial charge >= 0.3 is 0 Å². The first-order chi connectivity index (χ1) is 8.34. The quantitative estimate of drug-likeness (QED) is 0.375. The summed E-state index contributed by atoms with van der Waals surface area (Å²) in [6.45, 7) is 0. The molecule has 0 amide bonds. The van der Waals surface area contributed by atoms with Crippen LogP contribution in [-0.2, 0) is 22.5 Å². The van der Waals surface area contributed by atoms with E-state index in [1.807, 2.05) is 18.2 Å². The van der Waals surface area contributed by atoms with E-state index in [0.29, 0.717) is 5.75 Å². The number of phenols is 1. The number of aromatic hydroxyl groups is 1. The van der Waals surface area contributed by atoms with Crippen molar-refractivity contribution < 1.29 is 21.6 Å². The summed E-state index contributed by atoms with van der Waals surface area (Å²) in [5.41, 5.74) is 0.971. The van der Waals surface area contributed by atoms with E-state index in [1.54, 1.807) is 6.07 Å². The molecule has 1 aromatic carbocycles. The lowest BCUT2D eigenvalue weighted by Crippen LogP contribution is -2.16. The Balaban J connectivity index is 1.99. The molecule has 0 aromatic heterocycles. The molecule has 17 heavy (non-hydrogen) atoms. The summed E-state index contributed by atoms with van der Waals surface area (Å²) < 4.78 is 21.2. The molecule has 10 heteroatoms. The standard InChI is InChI=1S/C7H18O5Si5/c8-7-4-2-1-3-6(7)5-14-10-16-12-17-11-15-9-13/h1-4,8H,5,14-17H2,13H3. The zero-order chi connectivity index (χ0) is 12.3. The normalized spacial score (nSPS) is 13.6. The van der Waals surface area contributed by atoms with Crippen molar-refractivity contribution in [1.82, 2.24) is 0 Å². The molecule has 0 fully saturated rings. The lowest BCUT2D eigenvalue weighted by Gasteiger charge is -2.06. The van der Waals surface area contributed by atoms with E-state index in [-0.39, 0.29) is 0 Å². The summed E-state index contributed by atoms with van der Waals surface area (Å²) in [6, 6.07) is 8.24. The summed E-state index contributed by atoms with van der Waals surface area (Å²) >= 11 is 0. The summed E-state index contributed by atoms with van der Waals surface area (Å²) in [4.78, 5) is 0. The summed E-state index contributed by atoms with van der Waals surface area (Å²) in [7, 11) is -2.26. The van der Waals surface area contributed by atoms with E-state index < -0.39 is 39.8 Å². The average molecular weight is 323 g/mol. The van der Waals surface area contributed by atoms with Gasteiger partial charge in [0.15, 0.2) is 9.76 Å². The third kappa shape index (κ3) is 7.07. The van der Waals surface area contributed by atoms with E-state index >= 15 is 0 Å². The van der Waals surface area contributed by atoms with Crippen LogP contribution in [-0.4, -0.2) is 55.4 Å². The zero-order valence-corrected chi connectivity index (χ0v) is 17.6. The van der Waals surface area contributed by atoms with Gasteiger partial charge in [-0.1, -0.05) is 18.2 Å². The fourth-order valence-corrected chi connectivity index (χ4v) is 8.70. The van der Waals surface area contributed by atoms with E-state index in [0.717, 1.165) is 22.1 Å². The predicted octanol–water partition coefficient (Wildman–Crippen LogP) is -3.68. The number of phenolic OH excluding ortho intramolecular Hbond substituents is 1. The second kappa shape index (κ2) is 9.92. The molecule has 0 aliphatic heterocycles. The smallest absolute Gasteiger partial charge is 0.286 e. The minimum absolute atomic E-state index is 0.360. The number of hydrogen-bond acceptors (Lipinski definition) is 5. The Morgan fingerprint density at radius 1 is 1.06 bits per heavy atom. The van der Waals surface area contributed by atoms with Crippen molar-refractivity contribution in [3.8, 4) is 5.75 Å². The topological polar surface area (TPSA) is 57.2 Å². The number of hydrogen-bond donors (Lipinski definition) is 1. The van der Waals surface area contributed by atoms with Crippen LogP contribution in [0.4, 0.5) is 0 Å². The van der Waals surface area contributed by atoms with Gasteiger partial charge in [0.2, 0.25) is 0 Å². The molecule has 0 saturated heterocycles. The van der Waals surface area contributed by atoms with Gasteiger partial charge in [0.1, 0.15) is 16.2 Å². The maximum atomic E-state index is 9.54. The van der Waals surface area contributed by atoms with Crippen molar-refractivity contribution in [2.75, 3.05) is 0 Å². The van der Waals surface area contributed by atoms with Crippen LogP contribution in [0.15, 0.2) is 24.3 Å². The van der Waals surface area contributed by atoms with Gasteiger partial charge < -0.3 is 21.6 Å². The SMILES string of the molecule is Oc1ccccc1C[SiH2]O[SiH2]O[SiH2]O[SiH2]O[SiH3]. The Morgan fingerprint density at radius 3 is 2.53 bits per heavy atom. The second-order valence-electron chi connectivity index (χ2n) is 3.34. The molecule has 96 valence electrons. The Hall–Kier alpha value is -0.0556. The lowest BCUT2D eigenvalue weighted by molar-refractivity contribution is 0.406. The first kappa shape index (κ1) is 15.0. The summed E-state index contributed by atoms with van der Waals surface area (Å²) in [6.07, 6.45) is 0. The molecule has 0 atom stereocenters. The molecule has 0 heterocycles. The highest BCUT2D eigenvalue weighted by Gasteiger charge is 2.00. The van der Waals surface area contributed by atoms with Crippen molar-refractivity contribution in [3.05, 3.63) is 29.8 Å². The van der Waals surface area contributed by atoms with E-state index in [4.69, 9.17) is 16.5 Å². The van der Waals surface area contributed by atoms with Crippen LogP contribution >= 0.6 is 0 Å². The molecule has 0 bridgehead atoms. The zero-order valence-electron chi connectivity index (χ0n) is 9.93. The second-order valence-corrected chi connectivity index (χ2v) is 12.2. The average Bonchev–Trinajstić information content (AvgIpc) is 2.35. The van der Waals surface area contributed by atoms with Gasteiger partial charge in [0.25, 0.3) is 30.0 Å². The summed E-state index contributed by atoms with van der Waals surface area (Å²) in [5, 5.41) is 9.54. The molecule has 1 rings (SSSR count). The Bertz CT molecular complexity index is 314. The van der Waals surface area contributed by atoms with Crippen LogP contribution in [0, 0.1) is 0 Å². The highest BCUT2D eigenvalue weighted by molar-refractivity contribution is 6.46. The number of para-hydroxylation sites is 1. The first-order valence-corrected chi connectivity index (χ1v) is 11.2. The minimum Gasteiger partial charge on any atom is -0.508 e. The monoisotopic (exact) mass is 322 g/mol. The Labute approximate surface area is 113 Å². The first-order valence-electron chi connectivity index (χ1n) is 5.33. The van der Waals surface area contributed by atoms with Crippen molar-refractivity contribution in [1.29, 1.82) is 0 Å². The molecular weight excluding hydrogens is 305 g/mol. The molecule has 0 spiro atoms. The van der Waals surface area contributed by atoms with Crippen LogP contribution < -0.4 is 0 Å². The lowest BCUT2D eigenvalue weighted by atomic mass is 10.2. The Morgan fingerprint density at radius 2 is 1.76 bits per heavy atom. The van der Waals surface area contributed by atoms with Gasteiger partial charge in [-0.3, -0.25) is 0 Å². The van der Waals surface area contributed by atoms with Crippen LogP contribution in [0.2, 0.25) is 0 Å². The van der Waals surface area contributed by atoms with E-state index in [1.165, 1.54) is 0 Å². The van der Waals surface area contributed by atoms with Crippen LogP contribution in [0.5, 0.6) is 5.75 Å². The molecule has 5 nitrogen and oxygen atoms in total. The van der Waals surface area contributed by atoms with E-state index in [9.17, 15) is 5.11 Å². The maximum absolute atomic E-state index is 9.54. The van der Waals surface area contributed by atoms with Crippen molar-refractivity contribution in [3.63, 3.8) is 0 Å². The molecule has 0 saturated carbocycles. The van der Waals surface area contributed by atoms with Gasteiger partial charge in [-0.15, -0.1) is 0 Å².